The largest absolute Gasteiger partial charge is 0.492 e. The highest BCUT2D eigenvalue weighted by Crippen LogP contribution is 2.10. The lowest BCUT2D eigenvalue weighted by Gasteiger charge is -2.23. The molecule has 0 aliphatic rings. The Bertz CT molecular complexity index is 479. The summed E-state index contributed by atoms with van der Waals surface area (Å²) >= 11 is 0. The number of likely N-dealkylation sites (N-methyl/N-ethyl adjacent to an activating group) is 1. The summed E-state index contributed by atoms with van der Waals surface area (Å²) < 4.78 is 18.2. The van der Waals surface area contributed by atoms with Gasteiger partial charge in [-0.25, -0.2) is 9.18 Å². The van der Waals surface area contributed by atoms with Gasteiger partial charge in [-0.1, -0.05) is 0 Å². The van der Waals surface area contributed by atoms with Crippen molar-refractivity contribution < 1.29 is 18.7 Å². The third kappa shape index (κ3) is 5.78. The minimum absolute atomic E-state index is 0.320. The first kappa shape index (κ1) is 16.9. The molecule has 1 atom stereocenters. The van der Waals surface area contributed by atoms with Crippen LogP contribution in [0.4, 0.5) is 9.18 Å². The predicted molar refractivity (Wildman–Crippen MR) is 76.6 cm³/mol. The maximum absolute atomic E-state index is 12.7. The number of nitrogens with zero attached hydrogens (tertiary/aromatic N) is 1. The monoisotopic (exact) mass is 297 g/mol. The van der Waals surface area contributed by atoms with Crippen molar-refractivity contribution in [3.05, 3.63) is 30.1 Å². The van der Waals surface area contributed by atoms with Crippen LogP contribution in [-0.2, 0) is 4.79 Å². The number of urea groups is 1. The van der Waals surface area contributed by atoms with Gasteiger partial charge in [0.25, 0.3) is 0 Å². The molecule has 116 valence electrons. The molecule has 0 saturated carbocycles. The van der Waals surface area contributed by atoms with E-state index in [1.165, 1.54) is 31.3 Å². The maximum atomic E-state index is 12.7. The zero-order chi connectivity index (χ0) is 15.8. The Morgan fingerprint density at radius 2 is 1.95 bits per heavy atom. The summed E-state index contributed by atoms with van der Waals surface area (Å²) in [4.78, 5) is 24.5. The molecule has 1 rings (SSSR count). The highest BCUT2D eigenvalue weighted by Gasteiger charge is 2.19. The van der Waals surface area contributed by atoms with Gasteiger partial charge < -0.3 is 10.1 Å². The summed E-state index contributed by atoms with van der Waals surface area (Å²) in [5.41, 5.74) is 0. The van der Waals surface area contributed by atoms with Crippen LogP contribution in [0.5, 0.6) is 5.75 Å². The Morgan fingerprint density at radius 1 is 1.33 bits per heavy atom. The maximum Gasteiger partial charge on any atom is 0.321 e. The first-order valence-corrected chi connectivity index (χ1v) is 6.55. The Balaban J connectivity index is 2.35. The van der Waals surface area contributed by atoms with E-state index in [1.54, 1.807) is 18.9 Å². The second kappa shape index (κ2) is 8.21. The molecule has 1 aromatic carbocycles. The van der Waals surface area contributed by atoms with Crippen molar-refractivity contribution in [2.45, 2.75) is 13.0 Å². The molecule has 0 saturated heterocycles. The summed E-state index contributed by atoms with van der Waals surface area (Å²) in [5.74, 6) is -0.148. The average molecular weight is 297 g/mol. The number of rotatable bonds is 6. The number of carbonyl (C=O) groups excluding carboxylic acids is 2. The molecule has 0 aliphatic heterocycles. The van der Waals surface area contributed by atoms with Gasteiger partial charge in [0.2, 0.25) is 5.91 Å². The molecule has 1 aromatic rings. The summed E-state index contributed by atoms with van der Waals surface area (Å²) in [6.45, 7) is 2.52. The standard InChI is InChI=1S/C14H20FN3O3/c1-10(13(19)17-14(20)16-2)18(3)8-9-21-12-6-4-11(15)5-7-12/h4-7,10H,8-9H2,1-3H3,(H2,16,17,19,20)/t10-/m0/s1. The number of amides is 3. The van der Waals surface area contributed by atoms with Gasteiger partial charge in [0, 0.05) is 13.6 Å². The lowest BCUT2D eigenvalue weighted by Crippen LogP contribution is -2.48. The molecular weight excluding hydrogens is 277 g/mol. The van der Waals surface area contributed by atoms with Crippen LogP contribution < -0.4 is 15.4 Å². The van der Waals surface area contributed by atoms with Crippen LogP contribution in [0.3, 0.4) is 0 Å². The van der Waals surface area contributed by atoms with Gasteiger partial charge in [-0.3, -0.25) is 15.0 Å². The van der Waals surface area contributed by atoms with Crippen molar-refractivity contribution >= 4 is 11.9 Å². The Hall–Kier alpha value is -2.15. The van der Waals surface area contributed by atoms with E-state index < -0.39 is 18.0 Å². The van der Waals surface area contributed by atoms with Gasteiger partial charge in [0.05, 0.1) is 6.04 Å². The first-order chi connectivity index (χ1) is 9.93. The molecule has 3 amide bonds. The molecule has 2 N–H and O–H groups in total. The van der Waals surface area contributed by atoms with E-state index in [4.69, 9.17) is 4.74 Å². The molecule has 6 nitrogen and oxygen atoms in total. The SMILES string of the molecule is CNC(=O)NC(=O)[C@H](C)N(C)CCOc1ccc(F)cc1. The molecule has 0 aliphatic carbocycles. The number of imide groups is 1. The zero-order valence-electron chi connectivity index (χ0n) is 12.4. The molecule has 0 unspecified atom stereocenters. The van der Waals surface area contributed by atoms with Crippen molar-refractivity contribution in [3.8, 4) is 5.75 Å². The fraction of sp³-hybridized carbons (Fsp3) is 0.429. The van der Waals surface area contributed by atoms with Crippen molar-refractivity contribution in [2.75, 3.05) is 27.2 Å². The van der Waals surface area contributed by atoms with Crippen molar-refractivity contribution in [2.24, 2.45) is 0 Å². The van der Waals surface area contributed by atoms with Crippen molar-refractivity contribution in [1.29, 1.82) is 0 Å². The van der Waals surface area contributed by atoms with Crippen LogP contribution in [0.25, 0.3) is 0 Å². The fourth-order valence-corrected chi connectivity index (χ4v) is 1.51. The van der Waals surface area contributed by atoms with E-state index in [0.29, 0.717) is 18.9 Å². The topological polar surface area (TPSA) is 70.7 Å². The second-order valence-corrected chi connectivity index (χ2v) is 4.53. The van der Waals surface area contributed by atoms with Gasteiger partial charge in [0.15, 0.2) is 0 Å². The number of nitrogens with one attached hydrogen (secondary N) is 2. The number of halogens is 1. The van der Waals surface area contributed by atoms with E-state index >= 15 is 0 Å². The molecule has 7 heteroatoms. The lowest BCUT2D eigenvalue weighted by molar-refractivity contribution is -0.124. The fourth-order valence-electron chi connectivity index (χ4n) is 1.51. The second-order valence-electron chi connectivity index (χ2n) is 4.53. The van der Waals surface area contributed by atoms with E-state index in [9.17, 15) is 14.0 Å². The lowest BCUT2D eigenvalue weighted by atomic mass is 10.3. The van der Waals surface area contributed by atoms with Gasteiger partial charge in [-0.2, -0.15) is 0 Å². The molecule has 0 bridgehead atoms. The number of ether oxygens (including phenoxy) is 1. The zero-order valence-corrected chi connectivity index (χ0v) is 12.4. The van der Waals surface area contributed by atoms with Gasteiger partial charge in [-0.15, -0.1) is 0 Å². The molecule has 0 aromatic heterocycles. The third-order valence-corrected chi connectivity index (χ3v) is 3.03. The number of benzene rings is 1. The molecule has 0 spiro atoms. The quantitative estimate of drug-likeness (QED) is 0.821. The Labute approximate surface area is 123 Å². The van der Waals surface area contributed by atoms with Crippen LogP contribution in [0, 0.1) is 5.82 Å². The highest BCUT2D eigenvalue weighted by molar-refractivity contribution is 5.96. The van der Waals surface area contributed by atoms with Crippen LogP contribution in [0.15, 0.2) is 24.3 Å². The summed E-state index contributed by atoms with van der Waals surface area (Å²) in [6.07, 6.45) is 0. The van der Waals surface area contributed by atoms with Crippen molar-refractivity contribution in [1.82, 2.24) is 15.5 Å². The van der Waals surface area contributed by atoms with E-state index in [2.05, 4.69) is 10.6 Å². The third-order valence-electron chi connectivity index (χ3n) is 3.03. The Morgan fingerprint density at radius 3 is 2.52 bits per heavy atom. The predicted octanol–water partition coefficient (Wildman–Crippen LogP) is 0.980. The smallest absolute Gasteiger partial charge is 0.321 e. The average Bonchev–Trinajstić information content (AvgIpc) is 2.48. The van der Waals surface area contributed by atoms with Crippen LogP contribution in [0.1, 0.15) is 6.92 Å². The number of hydrogen-bond donors (Lipinski definition) is 2. The van der Waals surface area contributed by atoms with E-state index in [-0.39, 0.29) is 5.82 Å². The molecule has 21 heavy (non-hydrogen) atoms. The molecular formula is C14H20FN3O3. The molecule has 0 heterocycles. The minimum Gasteiger partial charge on any atom is -0.492 e. The summed E-state index contributed by atoms with van der Waals surface area (Å²) in [7, 11) is 3.19. The number of carbonyl (C=O) groups is 2. The van der Waals surface area contributed by atoms with Crippen LogP contribution >= 0.6 is 0 Å². The minimum atomic E-state index is -0.539. The molecule has 0 radical (unpaired) electrons. The van der Waals surface area contributed by atoms with E-state index in [1.807, 2.05) is 0 Å². The van der Waals surface area contributed by atoms with Crippen LogP contribution in [0.2, 0.25) is 0 Å². The summed E-state index contributed by atoms with van der Waals surface area (Å²) in [6, 6.07) is 4.70. The normalized spacial score (nSPS) is 11.9. The van der Waals surface area contributed by atoms with Crippen LogP contribution in [-0.4, -0.2) is 50.1 Å². The van der Waals surface area contributed by atoms with Crippen molar-refractivity contribution in [3.63, 3.8) is 0 Å². The summed E-state index contributed by atoms with van der Waals surface area (Å²) in [5, 5.41) is 4.53. The first-order valence-electron chi connectivity index (χ1n) is 6.55. The van der Waals surface area contributed by atoms with Gasteiger partial charge in [0.1, 0.15) is 18.2 Å². The van der Waals surface area contributed by atoms with Gasteiger partial charge >= 0.3 is 6.03 Å². The van der Waals surface area contributed by atoms with Gasteiger partial charge in [-0.05, 0) is 38.2 Å². The Kier molecular flexibility index (Phi) is 6.61. The highest BCUT2D eigenvalue weighted by atomic mass is 19.1. The molecule has 0 fully saturated rings. The van der Waals surface area contributed by atoms with E-state index in [0.717, 1.165) is 0 Å². The number of hydrogen-bond acceptors (Lipinski definition) is 4.